The van der Waals surface area contributed by atoms with Crippen molar-refractivity contribution >= 4 is 17.5 Å². The monoisotopic (exact) mass is 408 g/mol. The molecule has 1 aliphatic carbocycles. The second-order valence-corrected chi connectivity index (χ2v) is 8.01. The van der Waals surface area contributed by atoms with Gasteiger partial charge in [0.2, 0.25) is 5.91 Å². The number of amides is 1. The smallest absolute Gasteiger partial charge is 0.219 e. The van der Waals surface area contributed by atoms with Gasteiger partial charge in [0, 0.05) is 52.6 Å². The van der Waals surface area contributed by atoms with Gasteiger partial charge < -0.3 is 5.32 Å². The van der Waals surface area contributed by atoms with Crippen molar-refractivity contribution in [2.24, 2.45) is 0 Å². The lowest BCUT2D eigenvalue weighted by molar-refractivity contribution is -0.121. The first-order chi connectivity index (χ1) is 14.2. The maximum atomic E-state index is 11.7. The molecule has 2 N–H and O–H groups in total. The van der Waals surface area contributed by atoms with Gasteiger partial charge in [-0.3, -0.25) is 14.9 Å². The summed E-state index contributed by atoms with van der Waals surface area (Å²) in [5.74, 6) is 0.527. The Balaban J connectivity index is 1.64. The Morgan fingerprint density at radius 3 is 2.41 bits per heavy atom. The summed E-state index contributed by atoms with van der Waals surface area (Å²) in [5.41, 5.74) is 5.38. The lowest BCUT2D eigenvalue weighted by atomic mass is 9.81. The third kappa shape index (κ3) is 4.35. The van der Waals surface area contributed by atoms with Gasteiger partial charge in [0.25, 0.3) is 0 Å². The summed E-state index contributed by atoms with van der Waals surface area (Å²) in [4.78, 5) is 15.9. The summed E-state index contributed by atoms with van der Waals surface area (Å²) in [6, 6.07) is 12.1. The predicted molar refractivity (Wildman–Crippen MR) is 116 cm³/mol. The minimum absolute atomic E-state index is 0.137. The normalized spacial score (nSPS) is 19.1. The molecular weight excluding hydrogens is 384 g/mol. The molecule has 0 aliphatic heterocycles. The van der Waals surface area contributed by atoms with Crippen LogP contribution in [0.4, 0.5) is 0 Å². The number of hydrogen-bond donors (Lipinski definition) is 2. The van der Waals surface area contributed by atoms with Crippen LogP contribution in [-0.4, -0.2) is 27.1 Å². The first-order valence-electron chi connectivity index (χ1n) is 10.2. The van der Waals surface area contributed by atoms with E-state index in [1.54, 1.807) is 0 Å². The molecule has 0 saturated heterocycles. The Bertz CT molecular complexity index is 960. The Hall–Kier alpha value is -2.66. The molecule has 150 valence electrons. The number of H-pyrrole nitrogens is 1. The first kappa shape index (κ1) is 19.6. The zero-order valence-electron chi connectivity index (χ0n) is 16.5. The van der Waals surface area contributed by atoms with Crippen molar-refractivity contribution in [3.8, 4) is 22.4 Å². The fraction of sp³-hybridized carbons (Fsp3) is 0.348. The molecule has 1 aliphatic rings. The van der Waals surface area contributed by atoms with Gasteiger partial charge in [-0.15, -0.1) is 0 Å². The van der Waals surface area contributed by atoms with Crippen LogP contribution in [0, 0.1) is 0 Å². The molecule has 1 amide bonds. The van der Waals surface area contributed by atoms with Gasteiger partial charge >= 0.3 is 0 Å². The average Bonchev–Trinajstić information content (AvgIpc) is 3.20. The highest BCUT2D eigenvalue weighted by molar-refractivity contribution is 6.30. The van der Waals surface area contributed by atoms with Crippen molar-refractivity contribution in [1.29, 1.82) is 0 Å². The first-order valence-corrected chi connectivity index (χ1v) is 10.6. The molecule has 2 heterocycles. The van der Waals surface area contributed by atoms with Crippen molar-refractivity contribution in [2.45, 2.75) is 51.0 Å². The topological polar surface area (TPSA) is 70.7 Å². The molecule has 1 aromatic carbocycles. The summed E-state index contributed by atoms with van der Waals surface area (Å²) < 4.78 is 0. The van der Waals surface area contributed by atoms with Crippen molar-refractivity contribution in [1.82, 2.24) is 20.5 Å². The molecule has 29 heavy (non-hydrogen) atoms. The summed E-state index contributed by atoms with van der Waals surface area (Å²) >= 11 is 6.08. The van der Waals surface area contributed by atoms with Gasteiger partial charge in [-0.1, -0.05) is 30.7 Å². The fourth-order valence-electron chi connectivity index (χ4n) is 4.13. The maximum Gasteiger partial charge on any atom is 0.219 e. The van der Waals surface area contributed by atoms with E-state index in [1.807, 2.05) is 55.7 Å². The SMILES string of the molecule is CCC(=O)NC1CCC(c2[nH]nc(-c3ccc(Cl)cc3)c2-c2ccncc2)CC1. The molecule has 5 nitrogen and oxygen atoms in total. The van der Waals surface area contributed by atoms with Gasteiger partial charge in [-0.2, -0.15) is 5.10 Å². The molecule has 6 heteroatoms. The van der Waals surface area contributed by atoms with E-state index >= 15 is 0 Å². The summed E-state index contributed by atoms with van der Waals surface area (Å²) in [6.07, 6.45) is 8.19. The highest BCUT2D eigenvalue weighted by atomic mass is 35.5. The number of rotatable bonds is 5. The van der Waals surface area contributed by atoms with E-state index < -0.39 is 0 Å². The van der Waals surface area contributed by atoms with Crippen LogP contribution in [0.25, 0.3) is 22.4 Å². The fourth-order valence-corrected chi connectivity index (χ4v) is 4.26. The van der Waals surface area contributed by atoms with Crippen LogP contribution < -0.4 is 5.32 Å². The molecule has 1 saturated carbocycles. The van der Waals surface area contributed by atoms with Gasteiger partial charge in [0.15, 0.2) is 0 Å². The molecule has 0 bridgehead atoms. The lowest BCUT2D eigenvalue weighted by Gasteiger charge is -2.29. The van der Waals surface area contributed by atoms with Crippen LogP contribution >= 0.6 is 11.6 Å². The number of carbonyl (C=O) groups is 1. The summed E-state index contributed by atoms with van der Waals surface area (Å²) in [6.45, 7) is 1.89. The predicted octanol–water partition coefficient (Wildman–Crippen LogP) is 5.34. The largest absolute Gasteiger partial charge is 0.353 e. The Labute approximate surface area is 175 Å². The molecule has 1 fully saturated rings. The molecule has 0 spiro atoms. The highest BCUT2D eigenvalue weighted by Gasteiger charge is 2.28. The molecule has 0 radical (unpaired) electrons. The van der Waals surface area contributed by atoms with Crippen molar-refractivity contribution in [3.63, 3.8) is 0 Å². The van der Waals surface area contributed by atoms with Gasteiger partial charge in [0.05, 0.1) is 0 Å². The van der Waals surface area contributed by atoms with E-state index in [0.717, 1.165) is 48.1 Å². The number of hydrogen-bond acceptors (Lipinski definition) is 3. The molecule has 0 unspecified atom stereocenters. The van der Waals surface area contributed by atoms with Gasteiger partial charge in [-0.05, 0) is 55.5 Å². The van der Waals surface area contributed by atoms with Crippen LogP contribution in [-0.2, 0) is 4.79 Å². The zero-order chi connectivity index (χ0) is 20.2. The zero-order valence-corrected chi connectivity index (χ0v) is 17.2. The standard InChI is InChI=1S/C23H25ClN4O/c1-2-20(29)26-19-9-5-17(6-10-19)23-21(15-11-13-25-14-12-15)22(27-28-23)16-3-7-18(24)8-4-16/h3-4,7-8,11-14,17,19H,2,5-6,9-10H2,1H3,(H,26,29)(H,27,28). The second-order valence-electron chi connectivity index (χ2n) is 7.57. The third-order valence-electron chi connectivity index (χ3n) is 5.70. The van der Waals surface area contributed by atoms with Crippen LogP contribution in [0.2, 0.25) is 5.02 Å². The Kier molecular flexibility index (Phi) is 5.95. The van der Waals surface area contributed by atoms with E-state index in [4.69, 9.17) is 16.7 Å². The van der Waals surface area contributed by atoms with E-state index in [-0.39, 0.29) is 11.9 Å². The van der Waals surface area contributed by atoms with E-state index in [1.165, 1.54) is 5.69 Å². The number of halogens is 1. The number of aromatic nitrogens is 3. The van der Waals surface area contributed by atoms with Crippen molar-refractivity contribution in [3.05, 3.63) is 59.5 Å². The molecule has 3 aromatic rings. The van der Waals surface area contributed by atoms with E-state index in [0.29, 0.717) is 17.4 Å². The number of carbonyl (C=O) groups excluding carboxylic acids is 1. The number of benzene rings is 1. The minimum Gasteiger partial charge on any atom is -0.353 e. The Morgan fingerprint density at radius 1 is 1.07 bits per heavy atom. The minimum atomic E-state index is 0.137. The Morgan fingerprint density at radius 2 is 1.76 bits per heavy atom. The molecular formula is C23H25ClN4O. The number of pyridine rings is 1. The summed E-state index contributed by atoms with van der Waals surface area (Å²) in [5, 5.41) is 11.9. The molecule has 2 aromatic heterocycles. The van der Waals surface area contributed by atoms with Crippen molar-refractivity contribution in [2.75, 3.05) is 0 Å². The molecule has 0 atom stereocenters. The number of nitrogens with one attached hydrogen (secondary N) is 2. The second kappa shape index (κ2) is 8.78. The van der Waals surface area contributed by atoms with Gasteiger partial charge in [-0.25, -0.2) is 0 Å². The lowest BCUT2D eigenvalue weighted by Crippen LogP contribution is -2.36. The number of nitrogens with zero attached hydrogens (tertiary/aromatic N) is 2. The van der Waals surface area contributed by atoms with Gasteiger partial charge in [0.1, 0.15) is 5.69 Å². The molecule has 4 rings (SSSR count). The quantitative estimate of drug-likeness (QED) is 0.598. The van der Waals surface area contributed by atoms with Crippen LogP contribution in [0.3, 0.4) is 0 Å². The average molecular weight is 409 g/mol. The van der Waals surface area contributed by atoms with Crippen LogP contribution in [0.5, 0.6) is 0 Å². The maximum absolute atomic E-state index is 11.7. The summed E-state index contributed by atoms with van der Waals surface area (Å²) in [7, 11) is 0. The van der Waals surface area contributed by atoms with E-state index in [2.05, 4.69) is 15.4 Å². The number of aromatic amines is 1. The van der Waals surface area contributed by atoms with Crippen LogP contribution in [0.1, 0.15) is 50.6 Å². The van der Waals surface area contributed by atoms with Crippen LogP contribution in [0.15, 0.2) is 48.8 Å². The van der Waals surface area contributed by atoms with E-state index in [9.17, 15) is 4.79 Å². The third-order valence-corrected chi connectivity index (χ3v) is 5.95. The van der Waals surface area contributed by atoms with Crippen molar-refractivity contribution < 1.29 is 4.79 Å². The highest BCUT2D eigenvalue weighted by Crippen LogP contribution is 2.41.